The van der Waals surface area contributed by atoms with Gasteiger partial charge in [-0.15, -0.1) is 0 Å². The number of halogens is 1. The van der Waals surface area contributed by atoms with Crippen molar-refractivity contribution in [2.75, 3.05) is 13.1 Å². The number of carboxylic acids is 1. The third-order valence-electron chi connectivity index (χ3n) is 3.94. The molecule has 1 saturated carbocycles. The Kier molecular flexibility index (Phi) is 5.17. The first-order valence-electron chi connectivity index (χ1n) is 6.86. The van der Waals surface area contributed by atoms with Crippen LogP contribution in [-0.4, -0.2) is 50.9 Å². The van der Waals surface area contributed by atoms with E-state index in [4.69, 9.17) is 5.11 Å². The largest absolute Gasteiger partial charge is 0.480 e. The van der Waals surface area contributed by atoms with Crippen LogP contribution in [0.25, 0.3) is 0 Å². The molecule has 1 aliphatic rings. The normalized spacial score (nSPS) is 22.0. The van der Waals surface area contributed by atoms with Crippen molar-refractivity contribution < 1.29 is 9.90 Å². The fourth-order valence-electron chi connectivity index (χ4n) is 2.60. The lowest BCUT2D eigenvalue weighted by Crippen LogP contribution is -2.53. The van der Waals surface area contributed by atoms with Gasteiger partial charge >= 0.3 is 5.97 Å². The Morgan fingerprint density at radius 1 is 1.65 bits per heavy atom. The van der Waals surface area contributed by atoms with Gasteiger partial charge in [0.05, 0.1) is 22.9 Å². The summed E-state index contributed by atoms with van der Waals surface area (Å²) >= 11 is 3.48. The summed E-state index contributed by atoms with van der Waals surface area (Å²) in [6, 6.07) is 0.855. The number of hydrogen-bond donors (Lipinski definition) is 2. The van der Waals surface area contributed by atoms with Crippen molar-refractivity contribution in [2.24, 2.45) is 7.05 Å². The maximum absolute atomic E-state index is 10.8. The van der Waals surface area contributed by atoms with Crippen LogP contribution >= 0.6 is 15.9 Å². The zero-order valence-corrected chi connectivity index (χ0v) is 13.4. The summed E-state index contributed by atoms with van der Waals surface area (Å²) in [6.45, 7) is 3.72. The number of likely N-dealkylation sites (N-methyl/N-ethyl adjacent to an activating group) is 1. The van der Waals surface area contributed by atoms with Crippen LogP contribution in [0.1, 0.15) is 25.5 Å². The molecule has 1 fully saturated rings. The first-order valence-corrected chi connectivity index (χ1v) is 7.66. The molecule has 0 aliphatic heterocycles. The van der Waals surface area contributed by atoms with Crippen molar-refractivity contribution in [1.29, 1.82) is 0 Å². The van der Waals surface area contributed by atoms with E-state index in [2.05, 4.69) is 26.3 Å². The Balaban J connectivity index is 1.75. The third kappa shape index (κ3) is 3.59. The number of carbonyl (C=O) groups is 1. The molecule has 0 unspecified atom stereocenters. The molecule has 0 aromatic carbocycles. The van der Waals surface area contributed by atoms with Crippen molar-refractivity contribution in [3.8, 4) is 0 Å². The van der Waals surface area contributed by atoms with E-state index in [0.29, 0.717) is 12.1 Å². The Morgan fingerprint density at radius 3 is 2.85 bits per heavy atom. The van der Waals surface area contributed by atoms with Crippen molar-refractivity contribution >= 4 is 21.9 Å². The molecule has 2 rings (SSSR count). The van der Waals surface area contributed by atoms with Crippen LogP contribution in [0.4, 0.5) is 0 Å². The smallest absolute Gasteiger partial charge is 0.317 e. The van der Waals surface area contributed by atoms with Gasteiger partial charge in [-0.3, -0.25) is 14.4 Å². The number of carboxylic acid groups (broad SMARTS) is 1. The van der Waals surface area contributed by atoms with Crippen molar-refractivity contribution in [2.45, 2.75) is 38.4 Å². The number of nitrogens with zero attached hydrogens (tertiary/aromatic N) is 3. The molecule has 0 saturated heterocycles. The molecule has 2 N–H and O–H groups in total. The summed E-state index contributed by atoms with van der Waals surface area (Å²) in [6.07, 6.45) is 3.82. The summed E-state index contributed by atoms with van der Waals surface area (Å²) in [5.74, 6) is -0.748. The van der Waals surface area contributed by atoms with E-state index in [1.165, 1.54) is 0 Å². The summed E-state index contributed by atoms with van der Waals surface area (Å²) in [5.41, 5.74) is 1.13. The molecular weight excluding hydrogens is 324 g/mol. The lowest BCUT2D eigenvalue weighted by atomic mass is 9.85. The summed E-state index contributed by atoms with van der Waals surface area (Å²) < 4.78 is 2.88. The molecule has 0 bridgehead atoms. The zero-order valence-electron chi connectivity index (χ0n) is 11.8. The third-order valence-corrected chi connectivity index (χ3v) is 4.61. The molecular formula is C13H21BrN4O2. The van der Waals surface area contributed by atoms with Crippen LogP contribution in [0.5, 0.6) is 0 Å². The molecule has 0 spiro atoms. The van der Waals surface area contributed by atoms with E-state index >= 15 is 0 Å². The van der Waals surface area contributed by atoms with Gasteiger partial charge in [0.25, 0.3) is 0 Å². The number of aromatic nitrogens is 2. The van der Waals surface area contributed by atoms with E-state index in [1.807, 2.05) is 23.6 Å². The van der Waals surface area contributed by atoms with E-state index in [9.17, 15) is 4.79 Å². The second-order valence-corrected chi connectivity index (χ2v) is 6.08. The summed E-state index contributed by atoms with van der Waals surface area (Å²) in [5, 5.41) is 16.6. The molecule has 7 heteroatoms. The van der Waals surface area contributed by atoms with Gasteiger partial charge in [-0.1, -0.05) is 6.92 Å². The number of aliphatic carboxylic acids is 1. The fraction of sp³-hybridized carbons (Fsp3) is 0.692. The van der Waals surface area contributed by atoms with Gasteiger partial charge in [-0.05, 0) is 35.3 Å². The molecule has 0 radical (unpaired) electrons. The van der Waals surface area contributed by atoms with E-state index in [0.717, 1.165) is 36.1 Å². The van der Waals surface area contributed by atoms with E-state index in [1.54, 1.807) is 6.20 Å². The van der Waals surface area contributed by atoms with Gasteiger partial charge in [0, 0.05) is 25.7 Å². The second-order valence-electron chi connectivity index (χ2n) is 5.22. The van der Waals surface area contributed by atoms with Crippen LogP contribution < -0.4 is 5.32 Å². The van der Waals surface area contributed by atoms with Crippen LogP contribution in [0.2, 0.25) is 0 Å². The second kappa shape index (κ2) is 6.69. The van der Waals surface area contributed by atoms with Crippen molar-refractivity contribution in [3.63, 3.8) is 0 Å². The van der Waals surface area contributed by atoms with Gasteiger partial charge < -0.3 is 10.4 Å². The maximum Gasteiger partial charge on any atom is 0.317 e. The topological polar surface area (TPSA) is 70.4 Å². The Hall–Kier alpha value is -0.920. The van der Waals surface area contributed by atoms with Crippen LogP contribution in [0.3, 0.4) is 0 Å². The van der Waals surface area contributed by atoms with Gasteiger partial charge in [-0.25, -0.2) is 0 Å². The highest BCUT2D eigenvalue weighted by molar-refractivity contribution is 9.10. The highest BCUT2D eigenvalue weighted by atomic mass is 79.9. The molecule has 112 valence electrons. The van der Waals surface area contributed by atoms with Crippen molar-refractivity contribution in [1.82, 2.24) is 20.0 Å². The van der Waals surface area contributed by atoms with Gasteiger partial charge in [0.2, 0.25) is 0 Å². The van der Waals surface area contributed by atoms with E-state index < -0.39 is 5.97 Å². The highest BCUT2D eigenvalue weighted by Crippen LogP contribution is 2.26. The standard InChI is InChI=1S/C13H21BrN4O2/c1-3-18(8-13(19)20)10-4-9(5-10)15-7-12-11(14)6-16-17(12)2/h6,9-10,15H,3-5,7-8H2,1-2H3,(H,19,20). The number of rotatable bonds is 7. The average molecular weight is 345 g/mol. The first kappa shape index (κ1) is 15.5. The lowest BCUT2D eigenvalue weighted by Gasteiger charge is -2.42. The average Bonchev–Trinajstić information content (AvgIpc) is 2.66. The quantitative estimate of drug-likeness (QED) is 0.777. The SMILES string of the molecule is CCN(CC(=O)O)C1CC(NCc2c(Br)cnn2C)C1. The Bertz CT molecular complexity index is 451. The minimum atomic E-state index is -0.748. The molecule has 1 aromatic rings. The molecule has 1 aliphatic carbocycles. The van der Waals surface area contributed by atoms with E-state index in [-0.39, 0.29) is 6.54 Å². The molecule has 0 atom stereocenters. The predicted molar refractivity (Wildman–Crippen MR) is 79.4 cm³/mol. The first-order chi connectivity index (χ1) is 9.51. The fourth-order valence-corrected chi connectivity index (χ4v) is 3.09. The van der Waals surface area contributed by atoms with Crippen molar-refractivity contribution in [3.05, 3.63) is 16.4 Å². The maximum atomic E-state index is 10.8. The number of aryl methyl sites for hydroxylation is 1. The lowest BCUT2D eigenvalue weighted by molar-refractivity contribution is -0.139. The number of nitrogens with one attached hydrogen (secondary N) is 1. The highest BCUT2D eigenvalue weighted by Gasteiger charge is 2.33. The van der Waals surface area contributed by atoms with Gasteiger partial charge in [-0.2, -0.15) is 5.10 Å². The Labute approximate surface area is 127 Å². The minimum Gasteiger partial charge on any atom is -0.480 e. The van der Waals surface area contributed by atoms with Gasteiger partial charge in [0.1, 0.15) is 0 Å². The summed E-state index contributed by atoms with van der Waals surface area (Å²) in [7, 11) is 1.93. The van der Waals surface area contributed by atoms with Crippen LogP contribution in [0.15, 0.2) is 10.7 Å². The van der Waals surface area contributed by atoms with Crippen LogP contribution in [-0.2, 0) is 18.4 Å². The predicted octanol–water partition coefficient (Wildman–Crippen LogP) is 1.21. The monoisotopic (exact) mass is 344 g/mol. The molecule has 6 nitrogen and oxygen atoms in total. The molecule has 1 aromatic heterocycles. The Morgan fingerprint density at radius 2 is 2.35 bits per heavy atom. The molecule has 20 heavy (non-hydrogen) atoms. The zero-order chi connectivity index (χ0) is 14.7. The van der Waals surface area contributed by atoms with Crippen LogP contribution in [0, 0.1) is 0 Å². The van der Waals surface area contributed by atoms with Gasteiger partial charge in [0.15, 0.2) is 0 Å². The summed E-state index contributed by atoms with van der Waals surface area (Å²) in [4.78, 5) is 12.8. The minimum absolute atomic E-state index is 0.140. The molecule has 0 amide bonds. The number of hydrogen-bond acceptors (Lipinski definition) is 4. The molecule has 1 heterocycles.